The van der Waals surface area contributed by atoms with Gasteiger partial charge < -0.3 is 18.9 Å². The molecule has 0 radical (unpaired) electrons. The number of benzene rings is 3. The molecule has 0 aliphatic carbocycles. The smallest absolute Gasteiger partial charge is 0.264 e. The topological polar surface area (TPSA) is 99.2 Å². The maximum absolute atomic E-state index is 15.0. The minimum atomic E-state index is -4.26. The second-order valence-electron chi connectivity index (χ2n) is 9.27. The molecule has 4 aromatic rings. The largest absolute Gasteiger partial charge is 0.493 e. The van der Waals surface area contributed by atoms with Crippen LogP contribution in [0.4, 0.5) is 14.5 Å². The zero-order chi connectivity index (χ0) is 28.8. The number of rotatable bonds is 11. The number of nitrogens with one attached hydrogen (secondary N) is 1. The van der Waals surface area contributed by atoms with Crippen molar-refractivity contribution >= 4 is 26.6 Å². The Morgan fingerprint density at radius 3 is 2.51 bits per heavy atom. The zero-order valence-electron chi connectivity index (χ0n) is 22.3. The summed E-state index contributed by atoms with van der Waals surface area (Å²) in [6.07, 6.45) is 2.37. The highest BCUT2D eigenvalue weighted by molar-refractivity contribution is 7.92. The first-order chi connectivity index (χ1) is 19.8. The number of ether oxygens (including phenoxy) is 4. The van der Waals surface area contributed by atoms with Gasteiger partial charge in [0.15, 0.2) is 23.1 Å². The first-order valence-electron chi connectivity index (χ1n) is 13.0. The molecule has 2 heterocycles. The highest BCUT2D eigenvalue weighted by Gasteiger charge is 2.20. The lowest BCUT2D eigenvalue weighted by atomic mass is 10.1. The van der Waals surface area contributed by atoms with Gasteiger partial charge >= 0.3 is 0 Å². The summed E-state index contributed by atoms with van der Waals surface area (Å²) in [5, 5.41) is 0.564. The predicted molar refractivity (Wildman–Crippen MR) is 149 cm³/mol. The molecule has 1 aliphatic heterocycles. The Balaban J connectivity index is 1.30. The van der Waals surface area contributed by atoms with Crippen molar-refractivity contribution in [2.75, 3.05) is 51.3 Å². The molecule has 12 heteroatoms. The van der Waals surface area contributed by atoms with E-state index in [4.69, 9.17) is 18.9 Å². The Hall–Kier alpha value is -4.00. The summed E-state index contributed by atoms with van der Waals surface area (Å²) in [6.45, 7) is 4.73. The van der Waals surface area contributed by atoms with E-state index in [-0.39, 0.29) is 11.4 Å². The van der Waals surface area contributed by atoms with Crippen molar-refractivity contribution in [2.24, 2.45) is 0 Å². The van der Waals surface area contributed by atoms with Gasteiger partial charge in [-0.3, -0.25) is 14.6 Å². The van der Waals surface area contributed by atoms with E-state index in [2.05, 4.69) is 14.6 Å². The SMILES string of the molecule is COc1cc2c(Oc3ccc(NS(=O)(=O)c4ccccc4F)cc3F)ccnc2cc1OCCCN1CCOCC1. The molecule has 0 bridgehead atoms. The van der Waals surface area contributed by atoms with Gasteiger partial charge in [0.2, 0.25) is 0 Å². The lowest BCUT2D eigenvalue weighted by Gasteiger charge is -2.26. The van der Waals surface area contributed by atoms with Crippen LogP contribution in [0, 0.1) is 11.6 Å². The van der Waals surface area contributed by atoms with E-state index >= 15 is 4.39 Å². The maximum Gasteiger partial charge on any atom is 0.264 e. The summed E-state index contributed by atoms with van der Waals surface area (Å²) >= 11 is 0. The van der Waals surface area contributed by atoms with E-state index in [1.54, 1.807) is 18.2 Å². The van der Waals surface area contributed by atoms with Crippen molar-refractivity contribution in [1.82, 2.24) is 9.88 Å². The quantitative estimate of drug-likeness (QED) is 0.240. The summed E-state index contributed by atoms with van der Waals surface area (Å²) in [7, 11) is -2.73. The fourth-order valence-corrected chi connectivity index (χ4v) is 5.55. The molecular formula is C29H29F2N3O6S. The van der Waals surface area contributed by atoms with Gasteiger partial charge in [0.25, 0.3) is 10.0 Å². The summed E-state index contributed by atoms with van der Waals surface area (Å²) in [6, 6.07) is 13.5. The van der Waals surface area contributed by atoms with Crippen molar-refractivity contribution in [2.45, 2.75) is 11.3 Å². The molecule has 0 spiro atoms. The number of methoxy groups -OCH3 is 1. The van der Waals surface area contributed by atoms with Crippen molar-refractivity contribution < 1.29 is 36.1 Å². The number of pyridine rings is 1. The van der Waals surface area contributed by atoms with Crippen LogP contribution in [-0.2, 0) is 14.8 Å². The highest BCUT2D eigenvalue weighted by Crippen LogP contribution is 2.38. The fourth-order valence-electron chi connectivity index (χ4n) is 4.42. The van der Waals surface area contributed by atoms with E-state index in [0.717, 1.165) is 57.5 Å². The van der Waals surface area contributed by atoms with Crippen LogP contribution in [0.25, 0.3) is 10.9 Å². The fraction of sp³-hybridized carbons (Fsp3) is 0.276. The van der Waals surface area contributed by atoms with E-state index in [1.165, 1.54) is 37.6 Å². The molecule has 5 rings (SSSR count). The number of hydrogen-bond donors (Lipinski definition) is 1. The Labute approximate surface area is 236 Å². The standard InChI is InChI=1S/C29H29F2N3O6S/c1-37-27-18-21-24(19-28(27)39-14-4-11-34-12-15-38-16-13-34)32-10-9-25(21)40-26-8-7-20(17-23(26)31)33-41(35,36)29-6-3-2-5-22(29)30/h2-3,5-10,17-19,33H,4,11-16H2,1H3. The number of anilines is 1. The van der Waals surface area contributed by atoms with Gasteiger partial charge in [-0.25, -0.2) is 17.2 Å². The minimum absolute atomic E-state index is 0.0882. The third kappa shape index (κ3) is 6.84. The van der Waals surface area contributed by atoms with Gasteiger partial charge in [-0.05, 0) is 42.8 Å². The Morgan fingerprint density at radius 2 is 1.76 bits per heavy atom. The average molecular weight is 586 g/mol. The van der Waals surface area contributed by atoms with Gasteiger partial charge in [0, 0.05) is 43.4 Å². The molecule has 9 nitrogen and oxygen atoms in total. The van der Waals surface area contributed by atoms with Gasteiger partial charge in [-0.1, -0.05) is 12.1 Å². The molecule has 3 aromatic carbocycles. The normalized spacial score (nSPS) is 14.1. The minimum Gasteiger partial charge on any atom is -0.493 e. The number of nitrogens with zero attached hydrogens (tertiary/aromatic N) is 2. The Kier molecular flexibility index (Phi) is 8.81. The van der Waals surface area contributed by atoms with Crippen molar-refractivity contribution in [1.29, 1.82) is 0 Å². The second kappa shape index (κ2) is 12.7. The Bertz CT molecular complexity index is 1630. The van der Waals surface area contributed by atoms with Crippen LogP contribution in [0.5, 0.6) is 23.0 Å². The lowest BCUT2D eigenvalue weighted by molar-refractivity contribution is 0.0357. The first-order valence-corrected chi connectivity index (χ1v) is 14.5. The van der Waals surface area contributed by atoms with Crippen LogP contribution in [0.1, 0.15) is 6.42 Å². The van der Waals surface area contributed by atoms with Crippen LogP contribution in [0.2, 0.25) is 0 Å². The predicted octanol–water partition coefficient (Wildman–Crippen LogP) is 5.22. The summed E-state index contributed by atoms with van der Waals surface area (Å²) in [5.74, 6) is -0.568. The van der Waals surface area contributed by atoms with Crippen LogP contribution >= 0.6 is 0 Å². The molecule has 1 saturated heterocycles. The molecule has 1 N–H and O–H groups in total. The van der Waals surface area contributed by atoms with Crippen molar-refractivity contribution in [3.63, 3.8) is 0 Å². The third-order valence-electron chi connectivity index (χ3n) is 6.50. The molecule has 1 aliphatic rings. The van der Waals surface area contributed by atoms with Gasteiger partial charge in [-0.2, -0.15) is 0 Å². The number of sulfonamides is 1. The molecule has 1 fully saturated rings. The van der Waals surface area contributed by atoms with E-state index < -0.39 is 26.6 Å². The molecule has 0 amide bonds. The number of aromatic nitrogens is 1. The summed E-state index contributed by atoms with van der Waals surface area (Å²) < 4.78 is 79.1. The maximum atomic E-state index is 15.0. The molecule has 0 atom stereocenters. The van der Waals surface area contributed by atoms with E-state index in [9.17, 15) is 12.8 Å². The van der Waals surface area contributed by atoms with Crippen molar-refractivity contribution in [3.8, 4) is 23.0 Å². The summed E-state index contributed by atoms with van der Waals surface area (Å²) in [4.78, 5) is 6.18. The number of hydrogen-bond acceptors (Lipinski definition) is 8. The molecular weight excluding hydrogens is 556 g/mol. The lowest BCUT2D eigenvalue weighted by Crippen LogP contribution is -2.37. The van der Waals surface area contributed by atoms with Gasteiger partial charge in [0.1, 0.15) is 16.5 Å². The monoisotopic (exact) mass is 585 g/mol. The molecule has 216 valence electrons. The van der Waals surface area contributed by atoms with Gasteiger partial charge in [0.05, 0.1) is 38.1 Å². The van der Waals surface area contributed by atoms with Gasteiger partial charge in [-0.15, -0.1) is 0 Å². The zero-order valence-corrected chi connectivity index (χ0v) is 23.1. The van der Waals surface area contributed by atoms with E-state index in [1.807, 2.05) is 0 Å². The average Bonchev–Trinajstić information content (AvgIpc) is 2.97. The number of fused-ring (bicyclic) bond motifs is 1. The van der Waals surface area contributed by atoms with E-state index in [0.29, 0.717) is 34.8 Å². The molecule has 0 unspecified atom stereocenters. The number of halogens is 2. The molecule has 41 heavy (non-hydrogen) atoms. The third-order valence-corrected chi connectivity index (χ3v) is 7.91. The Morgan fingerprint density at radius 1 is 0.951 bits per heavy atom. The van der Waals surface area contributed by atoms with Crippen LogP contribution in [0.15, 0.2) is 71.8 Å². The first kappa shape index (κ1) is 28.5. The van der Waals surface area contributed by atoms with Crippen molar-refractivity contribution in [3.05, 3.63) is 78.5 Å². The summed E-state index contributed by atoms with van der Waals surface area (Å²) in [5.41, 5.74) is 0.468. The van der Waals surface area contributed by atoms with Crippen LogP contribution in [-0.4, -0.2) is 64.9 Å². The second-order valence-corrected chi connectivity index (χ2v) is 10.9. The number of morpholine rings is 1. The molecule has 0 saturated carbocycles. The highest BCUT2D eigenvalue weighted by atomic mass is 32.2. The molecule has 1 aromatic heterocycles. The van der Waals surface area contributed by atoms with Crippen LogP contribution in [0.3, 0.4) is 0 Å². The van der Waals surface area contributed by atoms with Crippen LogP contribution < -0.4 is 18.9 Å².